The third-order valence-corrected chi connectivity index (χ3v) is 4.66. The van der Waals surface area contributed by atoms with Crippen molar-refractivity contribution < 1.29 is 23.9 Å². The summed E-state index contributed by atoms with van der Waals surface area (Å²) in [5.74, 6) is -1.85. The topological polar surface area (TPSA) is 105 Å². The van der Waals surface area contributed by atoms with E-state index in [1.807, 2.05) is 6.07 Å². The van der Waals surface area contributed by atoms with Crippen LogP contribution in [0.3, 0.4) is 0 Å². The highest BCUT2D eigenvalue weighted by Gasteiger charge is 2.47. The van der Waals surface area contributed by atoms with E-state index < -0.39 is 42.5 Å². The lowest BCUT2D eigenvalue weighted by Gasteiger charge is -2.19. The van der Waals surface area contributed by atoms with E-state index in [0.717, 1.165) is 10.5 Å². The summed E-state index contributed by atoms with van der Waals surface area (Å²) in [4.78, 5) is 48.7. The summed E-state index contributed by atoms with van der Waals surface area (Å²) in [7, 11) is 0. The summed E-state index contributed by atoms with van der Waals surface area (Å²) in [5.41, 5.74) is -0.221. The van der Waals surface area contributed by atoms with Crippen LogP contribution in [0.5, 0.6) is 0 Å². The maximum atomic E-state index is 12.2. The van der Waals surface area contributed by atoms with E-state index in [1.54, 1.807) is 39.0 Å². The summed E-state index contributed by atoms with van der Waals surface area (Å²) in [5, 5.41) is 5.76. The van der Waals surface area contributed by atoms with Gasteiger partial charge in [0.05, 0.1) is 6.04 Å². The Kier molecular flexibility index (Phi) is 6.43. The van der Waals surface area contributed by atoms with Crippen molar-refractivity contribution in [2.45, 2.75) is 38.8 Å². The smallest absolute Gasteiger partial charge is 0.326 e. The second kappa shape index (κ2) is 8.39. The van der Waals surface area contributed by atoms with Crippen molar-refractivity contribution in [3.8, 4) is 0 Å². The number of hydrogen-bond acceptors (Lipinski definition) is 5. The van der Waals surface area contributed by atoms with Gasteiger partial charge in [0.25, 0.3) is 11.8 Å². The van der Waals surface area contributed by atoms with Gasteiger partial charge in [0.1, 0.15) is 12.1 Å². The van der Waals surface area contributed by atoms with Crippen LogP contribution in [0.4, 0.5) is 4.79 Å². The number of imide groups is 1. The number of benzene rings is 1. The van der Waals surface area contributed by atoms with E-state index in [1.165, 1.54) is 0 Å². The fourth-order valence-electron chi connectivity index (χ4n) is 2.59. The van der Waals surface area contributed by atoms with Crippen molar-refractivity contribution in [1.82, 2.24) is 15.5 Å². The summed E-state index contributed by atoms with van der Waals surface area (Å²) in [6.07, 6.45) is 0.396. The van der Waals surface area contributed by atoms with Crippen LogP contribution >= 0.6 is 11.6 Å². The SMILES string of the molecule is CC[C@]1(C)NC(=O)N(CC(=O)OCC(=O)N[C@H](C)c2cccc(Cl)c2)C1=O. The minimum absolute atomic E-state index is 0.328. The molecule has 1 aromatic carbocycles. The molecule has 8 nitrogen and oxygen atoms in total. The van der Waals surface area contributed by atoms with Gasteiger partial charge in [-0.25, -0.2) is 4.79 Å². The molecular weight excluding hydrogens is 374 g/mol. The van der Waals surface area contributed by atoms with Gasteiger partial charge in [0, 0.05) is 5.02 Å². The van der Waals surface area contributed by atoms with Crippen LogP contribution in [-0.2, 0) is 19.1 Å². The number of ether oxygens (including phenoxy) is 1. The fourth-order valence-corrected chi connectivity index (χ4v) is 2.79. The first-order valence-corrected chi connectivity index (χ1v) is 8.88. The van der Waals surface area contributed by atoms with Gasteiger partial charge in [-0.3, -0.25) is 19.3 Å². The third kappa shape index (κ3) is 4.97. The molecule has 4 amide bonds. The zero-order valence-electron chi connectivity index (χ0n) is 15.4. The van der Waals surface area contributed by atoms with Gasteiger partial charge < -0.3 is 15.4 Å². The number of amides is 4. The monoisotopic (exact) mass is 395 g/mol. The third-order valence-electron chi connectivity index (χ3n) is 4.43. The average molecular weight is 396 g/mol. The van der Waals surface area contributed by atoms with Crippen LogP contribution in [0.2, 0.25) is 5.02 Å². The highest BCUT2D eigenvalue weighted by molar-refractivity contribution is 6.30. The molecule has 2 rings (SSSR count). The second-order valence-electron chi connectivity index (χ2n) is 6.51. The summed E-state index contributed by atoms with van der Waals surface area (Å²) in [6.45, 7) is 4.05. The molecule has 0 aliphatic carbocycles. The molecule has 0 unspecified atom stereocenters. The molecule has 27 heavy (non-hydrogen) atoms. The predicted octanol–water partition coefficient (Wildman–Crippen LogP) is 1.78. The first-order valence-electron chi connectivity index (χ1n) is 8.51. The van der Waals surface area contributed by atoms with Crippen molar-refractivity contribution in [2.24, 2.45) is 0 Å². The number of nitrogens with zero attached hydrogens (tertiary/aromatic N) is 1. The van der Waals surface area contributed by atoms with Crippen molar-refractivity contribution >= 4 is 35.4 Å². The Labute approximate surface area is 162 Å². The predicted molar refractivity (Wildman–Crippen MR) is 97.9 cm³/mol. The minimum atomic E-state index is -1.03. The molecule has 0 aromatic heterocycles. The van der Waals surface area contributed by atoms with Crippen molar-refractivity contribution in [3.63, 3.8) is 0 Å². The molecule has 1 fully saturated rings. The Morgan fingerprint density at radius 2 is 2.07 bits per heavy atom. The van der Waals surface area contributed by atoms with Gasteiger partial charge >= 0.3 is 12.0 Å². The van der Waals surface area contributed by atoms with Gasteiger partial charge in [0.15, 0.2) is 6.61 Å². The Balaban J connectivity index is 1.82. The molecule has 2 atom stereocenters. The van der Waals surface area contributed by atoms with E-state index in [4.69, 9.17) is 16.3 Å². The zero-order chi connectivity index (χ0) is 20.2. The van der Waals surface area contributed by atoms with Crippen molar-refractivity contribution in [3.05, 3.63) is 34.9 Å². The number of urea groups is 1. The molecule has 9 heteroatoms. The van der Waals surface area contributed by atoms with E-state index in [9.17, 15) is 19.2 Å². The number of carbonyl (C=O) groups is 4. The number of nitrogens with one attached hydrogen (secondary N) is 2. The first-order chi connectivity index (χ1) is 12.7. The highest BCUT2D eigenvalue weighted by atomic mass is 35.5. The van der Waals surface area contributed by atoms with Crippen LogP contribution in [0, 0.1) is 0 Å². The maximum absolute atomic E-state index is 12.2. The minimum Gasteiger partial charge on any atom is -0.454 e. The number of rotatable bonds is 7. The molecule has 0 saturated carbocycles. The molecule has 2 N–H and O–H groups in total. The Morgan fingerprint density at radius 3 is 2.67 bits per heavy atom. The van der Waals surface area contributed by atoms with E-state index >= 15 is 0 Å². The van der Waals surface area contributed by atoms with Gasteiger partial charge in [-0.2, -0.15) is 0 Å². The van der Waals surface area contributed by atoms with Crippen molar-refractivity contribution in [2.75, 3.05) is 13.2 Å². The van der Waals surface area contributed by atoms with Gasteiger partial charge in [0.2, 0.25) is 0 Å². The van der Waals surface area contributed by atoms with Gasteiger partial charge in [-0.15, -0.1) is 0 Å². The highest BCUT2D eigenvalue weighted by Crippen LogP contribution is 2.20. The lowest BCUT2D eigenvalue weighted by molar-refractivity contribution is -0.151. The Bertz CT molecular complexity index is 769. The van der Waals surface area contributed by atoms with Crippen LogP contribution in [-0.4, -0.2) is 47.4 Å². The van der Waals surface area contributed by atoms with Crippen LogP contribution < -0.4 is 10.6 Å². The molecule has 146 valence electrons. The lowest BCUT2D eigenvalue weighted by atomic mass is 9.99. The molecule has 0 radical (unpaired) electrons. The molecular formula is C18H22ClN3O5. The number of carbonyl (C=O) groups excluding carboxylic acids is 4. The summed E-state index contributed by atoms with van der Waals surface area (Å²) >= 11 is 5.92. The maximum Gasteiger partial charge on any atom is 0.326 e. The molecule has 1 saturated heterocycles. The Hall–Kier alpha value is -2.61. The normalized spacial score (nSPS) is 20.2. The summed E-state index contributed by atoms with van der Waals surface area (Å²) in [6, 6.07) is 6.04. The quantitative estimate of drug-likeness (QED) is 0.541. The fraction of sp³-hybridized carbons (Fsp3) is 0.444. The largest absolute Gasteiger partial charge is 0.454 e. The first kappa shape index (κ1) is 20.7. The van der Waals surface area contributed by atoms with Crippen LogP contribution in [0.25, 0.3) is 0 Å². The number of esters is 1. The molecule has 1 aliphatic heterocycles. The molecule has 0 spiro atoms. The van der Waals surface area contributed by atoms with Gasteiger partial charge in [-0.05, 0) is 38.0 Å². The zero-order valence-corrected chi connectivity index (χ0v) is 16.1. The average Bonchev–Trinajstić information content (AvgIpc) is 2.83. The molecule has 0 bridgehead atoms. The lowest BCUT2D eigenvalue weighted by Crippen LogP contribution is -2.43. The number of halogens is 1. The standard InChI is InChI=1S/C18H22ClN3O5/c1-4-18(3)16(25)22(17(26)21-18)9-15(24)27-10-14(23)20-11(2)12-6-5-7-13(19)8-12/h5-8,11H,4,9-10H2,1-3H3,(H,20,23)(H,21,26)/t11-,18+/m1/s1. The van der Waals surface area contributed by atoms with Gasteiger partial charge in [-0.1, -0.05) is 30.7 Å². The molecule has 1 aromatic rings. The second-order valence-corrected chi connectivity index (χ2v) is 6.95. The van der Waals surface area contributed by atoms with Crippen LogP contribution in [0.15, 0.2) is 24.3 Å². The van der Waals surface area contributed by atoms with E-state index in [-0.39, 0.29) is 6.04 Å². The van der Waals surface area contributed by atoms with E-state index in [2.05, 4.69) is 10.6 Å². The van der Waals surface area contributed by atoms with Crippen LogP contribution in [0.1, 0.15) is 38.8 Å². The number of hydrogen-bond donors (Lipinski definition) is 2. The Morgan fingerprint density at radius 1 is 1.37 bits per heavy atom. The summed E-state index contributed by atoms with van der Waals surface area (Å²) < 4.78 is 4.87. The molecule has 1 heterocycles. The van der Waals surface area contributed by atoms with Crippen molar-refractivity contribution in [1.29, 1.82) is 0 Å². The van der Waals surface area contributed by atoms with E-state index in [0.29, 0.717) is 11.4 Å². The molecule has 1 aliphatic rings.